The summed E-state index contributed by atoms with van der Waals surface area (Å²) in [5.74, 6) is 1.08. The zero-order chi connectivity index (χ0) is 10.8. The van der Waals surface area contributed by atoms with Crippen LogP contribution in [0.2, 0.25) is 0 Å². The molecule has 0 unspecified atom stereocenters. The summed E-state index contributed by atoms with van der Waals surface area (Å²) < 4.78 is 2.23. The molecule has 1 heterocycles. The molecule has 0 saturated carbocycles. The van der Waals surface area contributed by atoms with Crippen molar-refractivity contribution in [2.75, 3.05) is 0 Å². The molecule has 15 heavy (non-hydrogen) atoms. The van der Waals surface area contributed by atoms with Crippen molar-refractivity contribution in [1.29, 1.82) is 0 Å². The van der Waals surface area contributed by atoms with Crippen molar-refractivity contribution in [3.63, 3.8) is 0 Å². The van der Waals surface area contributed by atoms with E-state index in [4.69, 9.17) is 0 Å². The van der Waals surface area contributed by atoms with E-state index in [-0.39, 0.29) is 0 Å². The molecular weight excluding hydrogens is 184 g/mol. The molecule has 0 saturated heterocycles. The van der Waals surface area contributed by atoms with Gasteiger partial charge in [0.25, 0.3) is 0 Å². The van der Waals surface area contributed by atoms with Crippen LogP contribution in [0.15, 0.2) is 30.5 Å². The number of rotatable bonds is 2. The lowest BCUT2D eigenvalue weighted by Crippen LogP contribution is -2.03. The van der Waals surface area contributed by atoms with Crippen molar-refractivity contribution in [3.05, 3.63) is 53.1 Å². The lowest BCUT2D eigenvalue weighted by atomic mass is 10.1. The second-order valence-electron chi connectivity index (χ2n) is 4.02. The second-order valence-corrected chi connectivity index (χ2v) is 4.02. The third kappa shape index (κ3) is 2.09. The van der Waals surface area contributed by atoms with Crippen LogP contribution in [0, 0.1) is 20.8 Å². The molecule has 1 aromatic heterocycles. The monoisotopic (exact) mass is 200 g/mol. The number of hydrogen-bond donors (Lipinski definition) is 0. The Hall–Kier alpha value is -1.57. The van der Waals surface area contributed by atoms with E-state index in [2.05, 4.69) is 47.7 Å². The van der Waals surface area contributed by atoms with E-state index in [9.17, 15) is 0 Å². The highest BCUT2D eigenvalue weighted by atomic mass is 15.1. The zero-order valence-electron chi connectivity index (χ0n) is 9.49. The molecule has 0 radical (unpaired) electrons. The van der Waals surface area contributed by atoms with Gasteiger partial charge in [0.05, 0.1) is 0 Å². The Balaban J connectivity index is 2.25. The fraction of sp³-hybridized carbons (Fsp3) is 0.308. The zero-order valence-corrected chi connectivity index (χ0v) is 9.49. The normalized spacial score (nSPS) is 10.6. The predicted octanol–water partition coefficient (Wildman–Crippen LogP) is 2.86. The van der Waals surface area contributed by atoms with Crippen molar-refractivity contribution in [2.24, 2.45) is 0 Å². The highest BCUT2D eigenvalue weighted by Gasteiger charge is 2.02. The van der Waals surface area contributed by atoms with Crippen molar-refractivity contribution >= 4 is 0 Å². The van der Waals surface area contributed by atoms with E-state index in [1.54, 1.807) is 0 Å². The molecule has 0 aliphatic rings. The predicted molar refractivity (Wildman–Crippen MR) is 62.0 cm³/mol. The van der Waals surface area contributed by atoms with Gasteiger partial charge in [-0.15, -0.1) is 0 Å². The van der Waals surface area contributed by atoms with E-state index in [1.165, 1.54) is 16.8 Å². The maximum absolute atomic E-state index is 4.29. The van der Waals surface area contributed by atoms with Crippen LogP contribution in [0.4, 0.5) is 0 Å². The van der Waals surface area contributed by atoms with Crippen LogP contribution >= 0.6 is 0 Å². The molecule has 0 atom stereocenters. The van der Waals surface area contributed by atoms with Crippen LogP contribution in [0.25, 0.3) is 0 Å². The summed E-state index contributed by atoms with van der Waals surface area (Å²) in [4.78, 5) is 4.29. The van der Waals surface area contributed by atoms with E-state index in [0.29, 0.717) is 0 Å². The molecule has 0 aliphatic heterocycles. The van der Waals surface area contributed by atoms with Gasteiger partial charge in [-0.25, -0.2) is 4.98 Å². The fourth-order valence-electron chi connectivity index (χ4n) is 1.70. The minimum absolute atomic E-state index is 0.915. The number of aryl methyl sites for hydroxylation is 3. The molecule has 0 amide bonds. The highest BCUT2D eigenvalue weighted by molar-refractivity contribution is 5.22. The number of aromatic nitrogens is 2. The second kappa shape index (κ2) is 3.89. The van der Waals surface area contributed by atoms with E-state index in [0.717, 1.165) is 12.4 Å². The van der Waals surface area contributed by atoms with Crippen LogP contribution in [0.5, 0.6) is 0 Å². The number of hydrogen-bond acceptors (Lipinski definition) is 1. The number of nitrogens with zero attached hydrogens (tertiary/aromatic N) is 2. The Morgan fingerprint density at radius 3 is 2.27 bits per heavy atom. The minimum Gasteiger partial charge on any atom is -0.328 e. The molecule has 0 spiro atoms. The van der Waals surface area contributed by atoms with Crippen LogP contribution < -0.4 is 0 Å². The largest absolute Gasteiger partial charge is 0.328 e. The lowest BCUT2D eigenvalue weighted by molar-refractivity contribution is 0.738. The lowest BCUT2D eigenvalue weighted by Gasteiger charge is -2.08. The van der Waals surface area contributed by atoms with Gasteiger partial charge in [0.1, 0.15) is 5.82 Å². The Morgan fingerprint density at radius 1 is 1.07 bits per heavy atom. The molecule has 2 nitrogen and oxygen atoms in total. The summed E-state index contributed by atoms with van der Waals surface area (Å²) in [7, 11) is 0. The van der Waals surface area contributed by atoms with Gasteiger partial charge < -0.3 is 4.57 Å². The molecule has 0 fully saturated rings. The first-order valence-corrected chi connectivity index (χ1v) is 5.21. The summed E-state index contributed by atoms with van der Waals surface area (Å²) in [6.45, 7) is 7.16. The maximum atomic E-state index is 4.29. The van der Waals surface area contributed by atoms with Gasteiger partial charge >= 0.3 is 0 Å². The molecule has 2 rings (SSSR count). The molecule has 0 bridgehead atoms. The molecule has 78 valence electrons. The first-order valence-electron chi connectivity index (χ1n) is 5.21. The number of imidazole rings is 1. The highest BCUT2D eigenvalue weighted by Crippen LogP contribution is 2.09. The minimum atomic E-state index is 0.915. The molecule has 0 aliphatic carbocycles. The van der Waals surface area contributed by atoms with Gasteiger partial charge in [-0.1, -0.05) is 29.8 Å². The molecule has 2 heteroatoms. The van der Waals surface area contributed by atoms with Gasteiger partial charge in [-0.2, -0.15) is 0 Å². The SMILES string of the molecule is Cc1ccc(Cn2c(C)cnc2C)cc1. The van der Waals surface area contributed by atoms with Crippen molar-refractivity contribution in [3.8, 4) is 0 Å². The van der Waals surface area contributed by atoms with Crippen molar-refractivity contribution in [2.45, 2.75) is 27.3 Å². The summed E-state index contributed by atoms with van der Waals surface area (Å²) >= 11 is 0. The molecule has 1 aromatic carbocycles. The van der Waals surface area contributed by atoms with Crippen LogP contribution in [0.1, 0.15) is 22.6 Å². The first-order chi connectivity index (χ1) is 7.16. The number of benzene rings is 1. The van der Waals surface area contributed by atoms with Crippen LogP contribution in [0.3, 0.4) is 0 Å². The Bertz CT molecular complexity index is 432. The topological polar surface area (TPSA) is 17.8 Å². The van der Waals surface area contributed by atoms with Gasteiger partial charge in [0.15, 0.2) is 0 Å². The molecule has 2 aromatic rings. The van der Waals surface area contributed by atoms with E-state index in [1.807, 2.05) is 13.1 Å². The molecular formula is C13H16N2. The average Bonchev–Trinajstić information content (AvgIpc) is 2.53. The van der Waals surface area contributed by atoms with Gasteiger partial charge in [-0.05, 0) is 26.3 Å². The molecule has 0 N–H and O–H groups in total. The Labute approximate surface area is 90.6 Å². The van der Waals surface area contributed by atoms with Gasteiger partial charge in [-0.3, -0.25) is 0 Å². The fourth-order valence-corrected chi connectivity index (χ4v) is 1.70. The Kier molecular flexibility index (Phi) is 2.58. The first kappa shape index (κ1) is 9.97. The van der Waals surface area contributed by atoms with E-state index >= 15 is 0 Å². The quantitative estimate of drug-likeness (QED) is 0.729. The summed E-state index contributed by atoms with van der Waals surface area (Å²) in [6, 6.07) is 8.65. The average molecular weight is 200 g/mol. The standard InChI is InChI=1S/C13H16N2/c1-10-4-6-13(7-5-10)9-15-11(2)8-14-12(15)3/h4-8H,9H2,1-3H3. The van der Waals surface area contributed by atoms with Crippen molar-refractivity contribution < 1.29 is 0 Å². The van der Waals surface area contributed by atoms with Crippen LogP contribution in [-0.2, 0) is 6.54 Å². The van der Waals surface area contributed by atoms with E-state index < -0.39 is 0 Å². The van der Waals surface area contributed by atoms with Crippen LogP contribution in [-0.4, -0.2) is 9.55 Å². The third-order valence-electron chi connectivity index (χ3n) is 2.72. The van der Waals surface area contributed by atoms with Crippen molar-refractivity contribution in [1.82, 2.24) is 9.55 Å². The third-order valence-corrected chi connectivity index (χ3v) is 2.72. The smallest absolute Gasteiger partial charge is 0.106 e. The summed E-state index contributed by atoms with van der Waals surface area (Å²) in [5, 5.41) is 0. The van der Waals surface area contributed by atoms with Gasteiger partial charge in [0.2, 0.25) is 0 Å². The Morgan fingerprint density at radius 2 is 1.73 bits per heavy atom. The summed E-state index contributed by atoms with van der Waals surface area (Å²) in [5.41, 5.74) is 3.84. The summed E-state index contributed by atoms with van der Waals surface area (Å²) in [6.07, 6.45) is 1.92. The maximum Gasteiger partial charge on any atom is 0.106 e. The van der Waals surface area contributed by atoms with Gasteiger partial charge in [0, 0.05) is 18.4 Å².